The van der Waals surface area contributed by atoms with E-state index >= 15 is 0 Å². The molecule has 0 saturated heterocycles. The van der Waals surface area contributed by atoms with E-state index < -0.39 is 5.60 Å². The van der Waals surface area contributed by atoms with Crippen LogP contribution in [0, 0.1) is 6.92 Å². The first-order valence-corrected chi connectivity index (χ1v) is 8.24. The van der Waals surface area contributed by atoms with Crippen LogP contribution in [0.2, 0.25) is 0 Å². The standard InChI is InChI=1S/C15H27BrN4O2/c1-11-12(18-20(6)13(11)16)7-8-17-9-10-19(5)14(21)22-15(2,3)4/h17H,7-10H2,1-6H3. The molecule has 0 aromatic carbocycles. The fourth-order valence-electron chi connectivity index (χ4n) is 1.91. The van der Waals surface area contributed by atoms with Gasteiger partial charge >= 0.3 is 6.09 Å². The van der Waals surface area contributed by atoms with Crippen molar-refractivity contribution in [3.05, 3.63) is 15.9 Å². The molecule has 0 atom stereocenters. The van der Waals surface area contributed by atoms with Gasteiger partial charge in [0.15, 0.2) is 0 Å². The molecule has 1 amide bonds. The van der Waals surface area contributed by atoms with Crippen molar-refractivity contribution in [3.8, 4) is 0 Å². The summed E-state index contributed by atoms with van der Waals surface area (Å²) in [5, 5.41) is 7.78. The molecule has 0 aliphatic carbocycles. The number of carbonyl (C=O) groups is 1. The largest absolute Gasteiger partial charge is 0.444 e. The Labute approximate surface area is 141 Å². The van der Waals surface area contributed by atoms with Crippen molar-refractivity contribution in [1.82, 2.24) is 20.0 Å². The number of halogens is 1. The van der Waals surface area contributed by atoms with E-state index in [2.05, 4.69) is 33.3 Å². The minimum atomic E-state index is -0.456. The van der Waals surface area contributed by atoms with Crippen molar-refractivity contribution in [3.63, 3.8) is 0 Å². The number of carbonyl (C=O) groups excluding carboxylic acids is 1. The first-order chi connectivity index (χ1) is 10.1. The van der Waals surface area contributed by atoms with Gasteiger partial charge in [0.05, 0.1) is 5.69 Å². The van der Waals surface area contributed by atoms with Crippen molar-refractivity contribution < 1.29 is 9.53 Å². The first-order valence-electron chi connectivity index (χ1n) is 7.44. The summed E-state index contributed by atoms with van der Waals surface area (Å²) < 4.78 is 8.15. The van der Waals surface area contributed by atoms with Crippen LogP contribution < -0.4 is 5.32 Å². The Morgan fingerprint density at radius 3 is 2.55 bits per heavy atom. The summed E-state index contributed by atoms with van der Waals surface area (Å²) in [5.74, 6) is 0. The van der Waals surface area contributed by atoms with Crippen LogP contribution in [0.5, 0.6) is 0 Å². The molecule has 22 heavy (non-hydrogen) atoms. The van der Waals surface area contributed by atoms with Crippen molar-refractivity contribution in [2.75, 3.05) is 26.7 Å². The van der Waals surface area contributed by atoms with Crippen LogP contribution in [0.1, 0.15) is 32.0 Å². The molecule has 0 unspecified atom stereocenters. The minimum Gasteiger partial charge on any atom is -0.444 e. The van der Waals surface area contributed by atoms with E-state index in [1.54, 1.807) is 11.9 Å². The van der Waals surface area contributed by atoms with Gasteiger partial charge in [0, 0.05) is 45.7 Å². The van der Waals surface area contributed by atoms with Crippen LogP contribution in [0.15, 0.2) is 4.60 Å². The lowest BCUT2D eigenvalue weighted by Gasteiger charge is -2.24. The zero-order valence-corrected chi connectivity index (χ0v) is 16.0. The van der Waals surface area contributed by atoms with Gasteiger partial charge in [-0.25, -0.2) is 4.79 Å². The Morgan fingerprint density at radius 2 is 2.05 bits per heavy atom. The van der Waals surface area contributed by atoms with E-state index in [1.165, 1.54) is 5.56 Å². The maximum atomic E-state index is 11.8. The number of likely N-dealkylation sites (N-methyl/N-ethyl adjacent to an activating group) is 1. The lowest BCUT2D eigenvalue weighted by atomic mass is 10.2. The normalized spacial score (nSPS) is 11.6. The molecular formula is C15H27BrN4O2. The number of hydrogen-bond acceptors (Lipinski definition) is 4. The highest BCUT2D eigenvalue weighted by molar-refractivity contribution is 9.10. The van der Waals surface area contributed by atoms with Crippen LogP contribution in [0.25, 0.3) is 0 Å². The Bertz CT molecular complexity index is 508. The van der Waals surface area contributed by atoms with E-state index in [4.69, 9.17) is 4.74 Å². The number of aromatic nitrogens is 2. The highest BCUT2D eigenvalue weighted by Gasteiger charge is 2.19. The number of nitrogens with zero attached hydrogens (tertiary/aromatic N) is 3. The van der Waals surface area contributed by atoms with Crippen LogP contribution in [-0.4, -0.2) is 53.1 Å². The highest BCUT2D eigenvalue weighted by atomic mass is 79.9. The number of rotatable bonds is 6. The Morgan fingerprint density at radius 1 is 1.41 bits per heavy atom. The van der Waals surface area contributed by atoms with Crippen LogP contribution in [0.3, 0.4) is 0 Å². The second-order valence-electron chi connectivity index (χ2n) is 6.39. The second-order valence-corrected chi connectivity index (χ2v) is 7.14. The van der Waals surface area contributed by atoms with Gasteiger partial charge < -0.3 is 15.0 Å². The molecule has 126 valence electrons. The Balaban J connectivity index is 2.25. The zero-order chi connectivity index (χ0) is 16.9. The highest BCUT2D eigenvalue weighted by Crippen LogP contribution is 2.18. The minimum absolute atomic E-state index is 0.293. The topological polar surface area (TPSA) is 59.4 Å². The van der Waals surface area contributed by atoms with Gasteiger partial charge in [-0.15, -0.1) is 0 Å². The third-order valence-corrected chi connectivity index (χ3v) is 4.27. The summed E-state index contributed by atoms with van der Waals surface area (Å²) in [6.45, 7) is 9.82. The first kappa shape index (κ1) is 19.0. The third kappa shape index (κ3) is 5.96. The predicted octanol–water partition coefficient (Wildman–Crippen LogP) is 2.49. The SMILES string of the molecule is Cc1c(CCNCCN(C)C(=O)OC(C)(C)C)nn(C)c1Br. The maximum absolute atomic E-state index is 11.8. The van der Waals surface area contributed by atoms with Gasteiger partial charge in [-0.1, -0.05) is 0 Å². The summed E-state index contributed by atoms with van der Waals surface area (Å²) in [5.41, 5.74) is 1.81. The molecule has 6 nitrogen and oxygen atoms in total. The molecule has 7 heteroatoms. The maximum Gasteiger partial charge on any atom is 0.410 e. The van der Waals surface area contributed by atoms with Crippen LogP contribution in [-0.2, 0) is 18.2 Å². The molecule has 0 saturated carbocycles. The molecule has 1 N–H and O–H groups in total. The third-order valence-electron chi connectivity index (χ3n) is 3.16. The Hall–Kier alpha value is -1.08. The van der Waals surface area contributed by atoms with E-state index in [0.717, 1.165) is 29.8 Å². The molecule has 0 aliphatic heterocycles. The van der Waals surface area contributed by atoms with Gasteiger partial charge in [-0.2, -0.15) is 5.10 Å². The van der Waals surface area contributed by atoms with Crippen molar-refractivity contribution in [1.29, 1.82) is 0 Å². The van der Waals surface area contributed by atoms with E-state index in [9.17, 15) is 4.79 Å². The molecular weight excluding hydrogens is 348 g/mol. The fourth-order valence-corrected chi connectivity index (χ4v) is 2.22. The number of nitrogens with one attached hydrogen (secondary N) is 1. The van der Waals surface area contributed by atoms with Gasteiger partial charge in [0.25, 0.3) is 0 Å². The summed E-state index contributed by atoms with van der Waals surface area (Å²) in [4.78, 5) is 13.4. The molecule has 1 rings (SSSR count). The predicted molar refractivity (Wildman–Crippen MR) is 91.1 cm³/mol. The quantitative estimate of drug-likeness (QED) is 0.777. The van der Waals surface area contributed by atoms with Gasteiger partial charge in [0.2, 0.25) is 0 Å². The molecule has 0 fully saturated rings. The van der Waals surface area contributed by atoms with E-state index in [0.29, 0.717) is 6.54 Å². The van der Waals surface area contributed by atoms with Crippen LogP contribution in [0.4, 0.5) is 4.79 Å². The molecule has 1 heterocycles. The number of amides is 1. The zero-order valence-electron chi connectivity index (χ0n) is 14.4. The summed E-state index contributed by atoms with van der Waals surface area (Å²) >= 11 is 3.50. The van der Waals surface area contributed by atoms with Gasteiger partial charge in [-0.05, 0) is 43.6 Å². The second kappa shape index (κ2) is 7.97. The van der Waals surface area contributed by atoms with E-state index in [1.807, 2.05) is 32.5 Å². The smallest absolute Gasteiger partial charge is 0.410 e. The van der Waals surface area contributed by atoms with Crippen molar-refractivity contribution in [2.45, 2.75) is 39.7 Å². The molecule has 1 aromatic heterocycles. The monoisotopic (exact) mass is 374 g/mol. The van der Waals surface area contributed by atoms with Gasteiger partial charge in [-0.3, -0.25) is 4.68 Å². The Kier molecular flexibility index (Phi) is 6.87. The van der Waals surface area contributed by atoms with E-state index in [-0.39, 0.29) is 6.09 Å². The molecule has 0 radical (unpaired) electrons. The lowest BCUT2D eigenvalue weighted by molar-refractivity contribution is 0.0300. The van der Waals surface area contributed by atoms with Gasteiger partial charge in [0.1, 0.15) is 10.2 Å². The van der Waals surface area contributed by atoms with Crippen molar-refractivity contribution >= 4 is 22.0 Å². The summed E-state index contributed by atoms with van der Waals surface area (Å²) in [6.07, 6.45) is 0.570. The summed E-state index contributed by atoms with van der Waals surface area (Å²) in [7, 11) is 3.67. The molecule has 1 aromatic rings. The number of hydrogen-bond donors (Lipinski definition) is 1. The summed E-state index contributed by atoms with van der Waals surface area (Å²) in [6, 6.07) is 0. The molecule has 0 spiro atoms. The number of aryl methyl sites for hydroxylation is 1. The average Bonchev–Trinajstić information content (AvgIpc) is 2.63. The van der Waals surface area contributed by atoms with Crippen LogP contribution >= 0.6 is 15.9 Å². The number of ether oxygens (including phenoxy) is 1. The molecule has 0 bridgehead atoms. The average molecular weight is 375 g/mol. The van der Waals surface area contributed by atoms with Crippen molar-refractivity contribution in [2.24, 2.45) is 7.05 Å². The lowest BCUT2D eigenvalue weighted by Crippen LogP contribution is -2.38. The fraction of sp³-hybridized carbons (Fsp3) is 0.733. The molecule has 0 aliphatic rings.